The van der Waals surface area contributed by atoms with Crippen LogP contribution < -0.4 is 0 Å². The van der Waals surface area contributed by atoms with Crippen LogP contribution in [0.5, 0.6) is 0 Å². The molecule has 3 heteroatoms. The van der Waals surface area contributed by atoms with Gasteiger partial charge in [0, 0.05) is 11.6 Å². The zero-order chi connectivity index (χ0) is 14.2. The van der Waals surface area contributed by atoms with Crippen molar-refractivity contribution in [2.45, 2.75) is 12.5 Å². The fourth-order valence-corrected chi connectivity index (χ4v) is 2.34. The minimum atomic E-state index is -1.24. The van der Waals surface area contributed by atoms with Crippen LogP contribution in [-0.4, -0.2) is 10.1 Å². The van der Waals surface area contributed by atoms with Gasteiger partial charge in [-0.1, -0.05) is 24.3 Å². The van der Waals surface area contributed by atoms with E-state index >= 15 is 0 Å². The Bertz CT molecular complexity index is 768. The zero-order valence-corrected chi connectivity index (χ0v) is 11.0. The van der Waals surface area contributed by atoms with Crippen molar-refractivity contribution in [1.29, 1.82) is 0 Å². The molecular weight excluding hydrogens is 253 g/mol. The minimum absolute atomic E-state index is 0.356. The highest BCUT2D eigenvalue weighted by molar-refractivity contribution is 5.79. The second-order valence-corrected chi connectivity index (χ2v) is 4.99. The van der Waals surface area contributed by atoms with Gasteiger partial charge >= 0.3 is 0 Å². The molecule has 0 bridgehead atoms. The topological polar surface area (TPSA) is 33.1 Å². The largest absolute Gasteiger partial charge is 0.381 e. The Kier molecular flexibility index (Phi) is 2.99. The summed E-state index contributed by atoms with van der Waals surface area (Å²) in [5, 5.41) is 11.7. The SMILES string of the molecule is CC(O)(c1cccc(F)c1)c1ccc2ncccc2c1. The third-order valence-electron chi connectivity index (χ3n) is 3.55. The summed E-state index contributed by atoms with van der Waals surface area (Å²) in [6, 6.07) is 15.4. The highest BCUT2D eigenvalue weighted by atomic mass is 19.1. The summed E-state index contributed by atoms with van der Waals surface area (Å²) >= 11 is 0. The number of hydrogen-bond acceptors (Lipinski definition) is 2. The van der Waals surface area contributed by atoms with Crippen LogP contribution in [0.4, 0.5) is 4.39 Å². The van der Waals surface area contributed by atoms with Gasteiger partial charge in [-0.15, -0.1) is 0 Å². The minimum Gasteiger partial charge on any atom is -0.381 e. The molecule has 0 amide bonds. The Morgan fingerprint density at radius 1 is 1.00 bits per heavy atom. The van der Waals surface area contributed by atoms with Crippen LogP contribution in [0.2, 0.25) is 0 Å². The van der Waals surface area contributed by atoms with Crippen molar-refractivity contribution < 1.29 is 9.50 Å². The second-order valence-electron chi connectivity index (χ2n) is 4.99. The molecular formula is C17H14FNO. The lowest BCUT2D eigenvalue weighted by atomic mass is 9.87. The zero-order valence-electron chi connectivity index (χ0n) is 11.0. The standard InChI is InChI=1S/C17H14FNO/c1-17(20,13-5-2-6-15(18)11-13)14-7-8-16-12(10-14)4-3-9-19-16/h2-11,20H,1H3. The van der Waals surface area contributed by atoms with E-state index in [4.69, 9.17) is 0 Å². The number of fused-ring (bicyclic) bond motifs is 1. The number of halogens is 1. The van der Waals surface area contributed by atoms with Crippen molar-refractivity contribution in [1.82, 2.24) is 4.98 Å². The maximum atomic E-state index is 13.3. The molecule has 0 spiro atoms. The molecule has 0 aliphatic heterocycles. The summed E-state index contributed by atoms with van der Waals surface area (Å²) in [6.45, 7) is 1.67. The molecule has 1 unspecified atom stereocenters. The molecule has 0 radical (unpaired) electrons. The third kappa shape index (κ3) is 2.17. The first-order chi connectivity index (χ1) is 9.57. The van der Waals surface area contributed by atoms with Crippen molar-refractivity contribution in [3.63, 3.8) is 0 Å². The molecule has 2 aromatic carbocycles. The van der Waals surface area contributed by atoms with Gasteiger partial charge in [-0.2, -0.15) is 0 Å². The summed E-state index contributed by atoms with van der Waals surface area (Å²) in [4.78, 5) is 4.25. The van der Waals surface area contributed by atoms with Crippen LogP contribution in [-0.2, 0) is 5.60 Å². The Labute approximate surface area is 116 Å². The first kappa shape index (κ1) is 12.8. The van der Waals surface area contributed by atoms with Crippen LogP contribution in [0.25, 0.3) is 10.9 Å². The van der Waals surface area contributed by atoms with Crippen LogP contribution in [0.1, 0.15) is 18.1 Å². The van der Waals surface area contributed by atoms with E-state index in [-0.39, 0.29) is 5.82 Å². The average Bonchev–Trinajstić information content (AvgIpc) is 2.46. The van der Waals surface area contributed by atoms with E-state index in [1.54, 1.807) is 25.3 Å². The van der Waals surface area contributed by atoms with Crippen molar-refractivity contribution >= 4 is 10.9 Å². The molecule has 2 nitrogen and oxygen atoms in total. The number of hydrogen-bond donors (Lipinski definition) is 1. The van der Waals surface area contributed by atoms with E-state index in [0.717, 1.165) is 10.9 Å². The van der Waals surface area contributed by atoms with Gasteiger partial charge in [-0.3, -0.25) is 4.98 Å². The maximum Gasteiger partial charge on any atom is 0.123 e. The van der Waals surface area contributed by atoms with E-state index in [1.807, 2.05) is 30.3 Å². The monoisotopic (exact) mass is 267 g/mol. The number of pyridine rings is 1. The highest BCUT2D eigenvalue weighted by Gasteiger charge is 2.26. The third-order valence-corrected chi connectivity index (χ3v) is 3.55. The quantitative estimate of drug-likeness (QED) is 0.769. The Balaban J connectivity index is 2.13. The molecule has 0 aliphatic rings. The lowest BCUT2D eigenvalue weighted by molar-refractivity contribution is 0.102. The predicted octanol–water partition coefficient (Wildman–Crippen LogP) is 3.63. The fourth-order valence-electron chi connectivity index (χ4n) is 2.34. The van der Waals surface area contributed by atoms with E-state index in [2.05, 4.69) is 4.98 Å². The van der Waals surface area contributed by atoms with Crippen molar-refractivity contribution in [3.8, 4) is 0 Å². The van der Waals surface area contributed by atoms with Crippen molar-refractivity contribution in [2.75, 3.05) is 0 Å². The molecule has 3 rings (SSSR count). The summed E-state index contributed by atoms with van der Waals surface area (Å²) in [7, 11) is 0. The number of aliphatic hydroxyl groups is 1. The molecule has 1 heterocycles. The number of benzene rings is 2. The summed E-state index contributed by atoms with van der Waals surface area (Å²) in [5.74, 6) is -0.356. The molecule has 1 aromatic heterocycles. The molecule has 0 saturated heterocycles. The van der Waals surface area contributed by atoms with Gasteiger partial charge in [0.2, 0.25) is 0 Å². The van der Waals surface area contributed by atoms with E-state index < -0.39 is 5.60 Å². The second kappa shape index (κ2) is 4.69. The summed E-state index contributed by atoms with van der Waals surface area (Å²) < 4.78 is 13.3. The van der Waals surface area contributed by atoms with Gasteiger partial charge in [0.05, 0.1) is 5.52 Å². The average molecular weight is 267 g/mol. The predicted molar refractivity (Wildman–Crippen MR) is 76.8 cm³/mol. The molecule has 20 heavy (non-hydrogen) atoms. The lowest BCUT2D eigenvalue weighted by Crippen LogP contribution is -2.22. The Morgan fingerprint density at radius 2 is 1.80 bits per heavy atom. The normalized spacial score (nSPS) is 14.2. The molecule has 1 N–H and O–H groups in total. The van der Waals surface area contributed by atoms with Gasteiger partial charge < -0.3 is 5.11 Å². The molecule has 0 saturated carbocycles. The summed E-state index contributed by atoms with van der Waals surface area (Å²) in [5.41, 5.74) is 0.863. The molecule has 0 aliphatic carbocycles. The van der Waals surface area contributed by atoms with Crippen LogP contribution in [0, 0.1) is 5.82 Å². The van der Waals surface area contributed by atoms with Crippen molar-refractivity contribution in [3.05, 3.63) is 77.7 Å². The van der Waals surface area contributed by atoms with Crippen molar-refractivity contribution in [2.24, 2.45) is 0 Å². The first-order valence-electron chi connectivity index (χ1n) is 6.41. The van der Waals surface area contributed by atoms with Crippen LogP contribution in [0.3, 0.4) is 0 Å². The number of aromatic nitrogens is 1. The van der Waals surface area contributed by atoms with E-state index in [1.165, 1.54) is 12.1 Å². The molecule has 100 valence electrons. The Hall–Kier alpha value is -2.26. The number of nitrogens with zero attached hydrogens (tertiary/aromatic N) is 1. The van der Waals surface area contributed by atoms with Gasteiger partial charge in [-0.05, 0) is 48.4 Å². The lowest BCUT2D eigenvalue weighted by Gasteiger charge is -2.25. The maximum absolute atomic E-state index is 13.3. The first-order valence-corrected chi connectivity index (χ1v) is 6.41. The van der Waals surface area contributed by atoms with E-state index in [0.29, 0.717) is 11.1 Å². The van der Waals surface area contributed by atoms with Gasteiger partial charge in [0.1, 0.15) is 11.4 Å². The highest BCUT2D eigenvalue weighted by Crippen LogP contribution is 2.31. The Morgan fingerprint density at radius 3 is 2.60 bits per heavy atom. The smallest absolute Gasteiger partial charge is 0.123 e. The van der Waals surface area contributed by atoms with Gasteiger partial charge in [0.25, 0.3) is 0 Å². The fraction of sp³-hybridized carbons (Fsp3) is 0.118. The van der Waals surface area contributed by atoms with Crippen LogP contribution >= 0.6 is 0 Å². The molecule has 3 aromatic rings. The van der Waals surface area contributed by atoms with E-state index in [9.17, 15) is 9.50 Å². The molecule has 0 fully saturated rings. The van der Waals surface area contributed by atoms with Gasteiger partial charge in [-0.25, -0.2) is 4.39 Å². The van der Waals surface area contributed by atoms with Gasteiger partial charge in [0.15, 0.2) is 0 Å². The van der Waals surface area contributed by atoms with Crippen LogP contribution in [0.15, 0.2) is 60.8 Å². The molecule has 1 atom stereocenters. The number of rotatable bonds is 2. The summed E-state index contributed by atoms with van der Waals surface area (Å²) in [6.07, 6.45) is 1.73.